The van der Waals surface area contributed by atoms with Crippen molar-refractivity contribution in [1.29, 1.82) is 0 Å². The molecular formula is C19H24N2O2S. The summed E-state index contributed by atoms with van der Waals surface area (Å²) < 4.78 is 0. The predicted octanol–water partition coefficient (Wildman–Crippen LogP) is 4.07. The number of Topliss-reactive ketones (excluding diaryl/α,β-unsaturated/α-hetero) is 1. The van der Waals surface area contributed by atoms with Crippen molar-refractivity contribution >= 4 is 23.0 Å². The molecule has 0 bridgehead atoms. The Kier molecular flexibility index (Phi) is 5.89. The molecule has 0 atom stereocenters. The third-order valence-electron chi connectivity index (χ3n) is 3.83. The molecule has 1 aromatic heterocycles. The van der Waals surface area contributed by atoms with Crippen LogP contribution in [0.15, 0.2) is 30.3 Å². The van der Waals surface area contributed by atoms with Crippen LogP contribution in [0.4, 0.5) is 0 Å². The van der Waals surface area contributed by atoms with Crippen LogP contribution in [0, 0.1) is 19.3 Å². The topological polar surface area (TPSA) is 59.1 Å². The van der Waals surface area contributed by atoms with Crippen molar-refractivity contribution in [1.82, 2.24) is 10.3 Å². The molecule has 0 saturated heterocycles. The number of rotatable bonds is 7. The van der Waals surface area contributed by atoms with Crippen LogP contribution in [0.2, 0.25) is 0 Å². The van der Waals surface area contributed by atoms with Crippen molar-refractivity contribution in [2.75, 3.05) is 0 Å². The fourth-order valence-electron chi connectivity index (χ4n) is 2.64. The van der Waals surface area contributed by atoms with Gasteiger partial charge in [0.25, 0.3) is 0 Å². The second kappa shape index (κ2) is 7.71. The first-order valence-electron chi connectivity index (χ1n) is 8.05. The lowest BCUT2D eigenvalue weighted by Crippen LogP contribution is -2.30. The molecule has 0 radical (unpaired) electrons. The van der Waals surface area contributed by atoms with Gasteiger partial charge in [0, 0.05) is 23.3 Å². The highest BCUT2D eigenvalue weighted by Gasteiger charge is 2.26. The number of benzene rings is 1. The van der Waals surface area contributed by atoms with E-state index >= 15 is 0 Å². The number of amides is 1. The van der Waals surface area contributed by atoms with Crippen LogP contribution in [0.1, 0.15) is 52.6 Å². The van der Waals surface area contributed by atoms with Gasteiger partial charge in [0.15, 0.2) is 5.78 Å². The normalized spacial score (nSPS) is 11.3. The van der Waals surface area contributed by atoms with Gasteiger partial charge in [0.05, 0.1) is 17.2 Å². The summed E-state index contributed by atoms with van der Waals surface area (Å²) in [6, 6.07) is 9.21. The number of nitrogens with zero attached hydrogens (tertiary/aromatic N) is 1. The third kappa shape index (κ3) is 5.27. The molecule has 0 aliphatic carbocycles. The van der Waals surface area contributed by atoms with Crippen LogP contribution in [-0.4, -0.2) is 16.7 Å². The summed E-state index contributed by atoms with van der Waals surface area (Å²) >= 11 is 1.63. The van der Waals surface area contributed by atoms with Crippen LogP contribution >= 0.6 is 11.3 Å². The van der Waals surface area contributed by atoms with E-state index in [-0.39, 0.29) is 17.1 Å². The summed E-state index contributed by atoms with van der Waals surface area (Å²) in [6.45, 7) is 8.31. The first-order chi connectivity index (χ1) is 11.3. The SMILES string of the molecule is Cc1nc(CNC(=O)CC(C)(C)CC(=O)c2ccccc2)c(C)s1. The Balaban J connectivity index is 1.87. The monoisotopic (exact) mass is 344 g/mol. The van der Waals surface area contributed by atoms with Crippen molar-refractivity contribution in [2.24, 2.45) is 5.41 Å². The Morgan fingerprint density at radius 1 is 1.12 bits per heavy atom. The van der Waals surface area contributed by atoms with Crippen LogP contribution in [0.3, 0.4) is 0 Å². The minimum Gasteiger partial charge on any atom is -0.350 e. The highest BCUT2D eigenvalue weighted by molar-refractivity contribution is 7.11. The fourth-order valence-corrected chi connectivity index (χ4v) is 3.47. The van der Waals surface area contributed by atoms with E-state index in [1.807, 2.05) is 58.0 Å². The number of carbonyl (C=O) groups excluding carboxylic acids is 2. The molecule has 0 saturated carbocycles. The van der Waals surface area contributed by atoms with Gasteiger partial charge < -0.3 is 5.32 Å². The van der Waals surface area contributed by atoms with Gasteiger partial charge in [0.1, 0.15) is 0 Å². The molecular weight excluding hydrogens is 320 g/mol. The quantitative estimate of drug-likeness (QED) is 0.770. The lowest BCUT2D eigenvalue weighted by molar-refractivity contribution is -0.123. The van der Waals surface area contributed by atoms with Gasteiger partial charge in [-0.15, -0.1) is 11.3 Å². The molecule has 0 spiro atoms. The zero-order chi connectivity index (χ0) is 17.7. The molecule has 2 aromatic rings. The first kappa shape index (κ1) is 18.3. The van der Waals surface area contributed by atoms with E-state index in [1.54, 1.807) is 11.3 Å². The van der Waals surface area contributed by atoms with E-state index in [4.69, 9.17) is 0 Å². The Labute approximate surface area is 147 Å². The number of hydrogen-bond acceptors (Lipinski definition) is 4. The van der Waals surface area contributed by atoms with Gasteiger partial charge in [-0.1, -0.05) is 44.2 Å². The summed E-state index contributed by atoms with van der Waals surface area (Å²) in [5.74, 6) is 0.0188. The van der Waals surface area contributed by atoms with Gasteiger partial charge in [-0.05, 0) is 19.3 Å². The molecule has 128 valence electrons. The van der Waals surface area contributed by atoms with Crippen molar-refractivity contribution in [3.8, 4) is 0 Å². The number of thiazole rings is 1. The van der Waals surface area contributed by atoms with Crippen molar-refractivity contribution in [3.63, 3.8) is 0 Å². The predicted molar refractivity (Wildman–Crippen MR) is 97.2 cm³/mol. The zero-order valence-corrected chi connectivity index (χ0v) is 15.5. The molecule has 24 heavy (non-hydrogen) atoms. The van der Waals surface area contributed by atoms with E-state index in [0.717, 1.165) is 15.6 Å². The minimum atomic E-state index is -0.385. The van der Waals surface area contributed by atoms with Gasteiger partial charge in [-0.25, -0.2) is 4.98 Å². The molecule has 0 aliphatic heterocycles. The molecule has 0 aliphatic rings. The number of aryl methyl sites for hydroxylation is 2. The maximum absolute atomic E-state index is 12.3. The van der Waals surface area contributed by atoms with Gasteiger partial charge in [0.2, 0.25) is 5.91 Å². The van der Waals surface area contributed by atoms with Crippen LogP contribution in [-0.2, 0) is 11.3 Å². The van der Waals surface area contributed by atoms with Crippen molar-refractivity contribution < 1.29 is 9.59 Å². The fraction of sp³-hybridized carbons (Fsp3) is 0.421. The summed E-state index contributed by atoms with van der Waals surface area (Å²) in [4.78, 5) is 30.1. The van der Waals surface area contributed by atoms with E-state index in [2.05, 4.69) is 10.3 Å². The lowest BCUT2D eigenvalue weighted by Gasteiger charge is -2.23. The molecule has 1 N–H and O–H groups in total. The number of hydrogen-bond donors (Lipinski definition) is 1. The van der Waals surface area contributed by atoms with Crippen LogP contribution < -0.4 is 5.32 Å². The Morgan fingerprint density at radius 3 is 2.38 bits per heavy atom. The maximum atomic E-state index is 12.3. The van der Waals surface area contributed by atoms with Gasteiger partial charge >= 0.3 is 0 Å². The number of nitrogens with one attached hydrogen (secondary N) is 1. The van der Waals surface area contributed by atoms with E-state index in [0.29, 0.717) is 24.9 Å². The number of aromatic nitrogens is 1. The number of ketones is 1. The highest BCUT2D eigenvalue weighted by atomic mass is 32.1. The summed E-state index contributed by atoms with van der Waals surface area (Å²) in [7, 11) is 0. The standard InChI is InChI=1S/C19H24N2O2S/c1-13-16(21-14(2)24-13)12-20-18(23)11-19(3,4)10-17(22)15-8-6-5-7-9-15/h5-9H,10-12H2,1-4H3,(H,20,23). The first-order valence-corrected chi connectivity index (χ1v) is 8.86. The zero-order valence-electron chi connectivity index (χ0n) is 14.7. The molecule has 0 fully saturated rings. The molecule has 1 heterocycles. The Bertz CT molecular complexity index is 720. The molecule has 4 nitrogen and oxygen atoms in total. The molecule has 1 aromatic carbocycles. The molecule has 0 unspecified atom stereocenters. The van der Waals surface area contributed by atoms with Crippen LogP contribution in [0.25, 0.3) is 0 Å². The third-order valence-corrected chi connectivity index (χ3v) is 4.76. The Hall–Kier alpha value is -2.01. The average molecular weight is 344 g/mol. The smallest absolute Gasteiger partial charge is 0.220 e. The van der Waals surface area contributed by atoms with Crippen LogP contribution in [0.5, 0.6) is 0 Å². The van der Waals surface area contributed by atoms with Crippen molar-refractivity contribution in [2.45, 2.75) is 47.1 Å². The largest absolute Gasteiger partial charge is 0.350 e. The average Bonchev–Trinajstić information content (AvgIpc) is 2.83. The minimum absolute atomic E-state index is 0.0501. The summed E-state index contributed by atoms with van der Waals surface area (Å²) in [5, 5.41) is 3.92. The van der Waals surface area contributed by atoms with E-state index in [9.17, 15) is 9.59 Å². The highest BCUT2D eigenvalue weighted by Crippen LogP contribution is 2.27. The second-order valence-electron chi connectivity index (χ2n) is 6.82. The van der Waals surface area contributed by atoms with E-state index in [1.165, 1.54) is 0 Å². The maximum Gasteiger partial charge on any atom is 0.220 e. The summed E-state index contributed by atoms with van der Waals surface area (Å²) in [5.41, 5.74) is 1.23. The second-order valence-corrected chi connectivity index (χ2v) is 8.23. The van der Waals surface area contributed by atoms with Gasteiger partial charge in [-0.2, -0.15) is 0 Å². The summed E-state index contributed by atoms with van der Waals surface area (Å²) in [6.07, 6.45) is 0.660. The van der Waals surface area contributed by atoms with Crippen molar-refractivity contribution in [3.05, 3.63) is 51.5 Å². The number of carbonyl (C=O) groups is 2. The van der Waals surface area contributed by atoms with E-state index < -0.39 is 0 Å². The molecule has 2 rings (SSSR count). The molecule has 5 heteroatoms. The molecule has 1 amide bonds. The van der Waals surface area contributed by atoms with Gasteiger partial charge in [-0.3, -0.25) is 9.59 Å². The lowest BCUT2D eigenvalue weighted by atomic mass is 9.82. The Morgan fingerprint density at radius 2 is 1.79 bits per heavy atom.